The summed E-state index contributed by atoms with van der Waals surface area (Å²) in [6.45, 7) is 0. The molecule has 0 unspecified atom stereocenters. The number of anilines is 1. The van der Waals surface area contributed by atoms with Gasteiger partial charge >= 0.3 is 0 Å². The molecule has 0 saturated heterocycles. The predicted octanol–water partition coefficient (Wildman–Crippen LogP) is 3.62. The third-order valence-electron chi connectivity index (χ3n) is 2.33. The van der Waals surface area contributed by atoms with Crippen LogP contribution in [0.25, 0.3) is 0 Å². The van der Waals surface area contributed by atoms with E-state index in [0.717, 1.165) is 0 Å². The maximum Gasteiger partial charge on any atom is 0.255 e. The molecule has 19 heavy (non-hydrogen) atoms. The van der Waals surface area contributed by atoms with E-state index < -0.39 is 0 Å². The van der Waals surface area contributed by atoms with Crippen molar-refractivity contribution in [1.82, 2.24) is 4.98 Å². The van der Waals surface area contributed by atoms with E-state index in [2.05, 4.69) is 26.2 Å². The Bertz CT molecular complexity index is 682. The molecule has 0 aliphatic carbocycles. The molecule has 4 nitrogen and oxygen atoms in total. The summed E-state index contributed by atoms with van der Waals surface area (Å²) in [5.74, 6) is -0.319. The van der Waals surface area contributed by atoms with Crippen molar-refractivity contribution in [2.75, 3.05) is 5.32 Å². The summed E-state index contributed by atoms with van der Waals surface area (Å²) in [7, 11) is 0. The summed E-state index contributed by atoms with van der Waals surface area (Å²) in [4.78, 5) is 16.0. The van der Waals surface area contributed by atoms with Crippen LogP contribution in [-0.4, -0.2) is 10.9 Å². The van der Waals surface area contributed by atoms with Gasteiger partial charge in [-0.1, -0.05) is 11.6 Å². The molecule has 94 valence electrons. The number of hydrogen-bond donors (Lipinski definition) is 1. The van der Waals surface area contributed by atoms with Gasteiger partial charge in [-0.15, -0.1) is 0 Å². The number of nitrogens with zero attached hydrogens (tertiary/aromatic N) is 2. The molecule has 6 heteroatoms. The monoisotopic (exact) mass is 335 g/mol. The zero-order chi connectivity index (χ0) is 13.8. The van der Waals surface area contributed by atoms with Gasteiger partial charge in [0.2, 0.25) is 0 Å². The van der Waals surface area contributed by atoms with E-state index in [1.165, 1.54) is 12.3 Å². The van der Waals surface area contributed by atoms with Gasteiger partial charge < -0.3 is 5.32 Å². The maximum atomic E-state index is 12.0. The number of nitriles is 1. The first-order valence-corrected chi connectivity index (χ1v) is 6.40. The lowest BCUT2D eigenvalue weighted by Crippen LogP contribution is -2.12. The van der Waals surface area contributed by atoms with Gasteiger partial charge in [-0.2, -0.15) is 5.26 Å². The van der Waals surface area contributed by atoms with Gasteiger partial charge in [-0.3, -0.25) is 4.79 Å². The number of pyridine rings is 1. The van der Waals surface area contributed by atoms with Crippen LogP contribution < -0.4 is 5.32 Å². The Morgan fingerprint density at radius 1 is 1.37 bits per heavy atom. The smallest absolute Gasteiger partial charge is 0.255 e. The summed E-state index contributed by atoms with van der Waals surface area (Å²) < 4.78 is 0.567. The fourth-order valence-corrected chi connectivity index (χ4v) is 1.96. The molecule has 1 aromatic carbocycles. The first-order chi connectivity index (χ1) is 9.10. The molecule has 1 aromatic heterocycles. The molecule has 0 fully saturated rings. The Hall–Kier alpha value is -1.90. The molecule has 2 rings (SSSR count). The lowest BCUT2D eigenvalue weighted by Gasteiger charge is -2.07. The van der Waals surface area contributed by atoms with E-state index >= 15 is 0 Å². The van der Waals surface area contributed by atoms with Gasteiger partial charge in [-0.05, 0) is 46.3 Å². The van der Waals surface area contributed by atoms with E-state index in [-0.39, 0.29) is 5.91 Å². The van der Waals surface area contributed by atoms with Crippen LogP contribution in [0.2, 0.25) is 5.02 Å². The Labute approximate surface area is 123 Å². The average Bonchev–Trinajstić information content (AvgIpc) is 2.41. The van der Waals surface area contributed by atoms with Crippen molar-refractivity contribution >= 4 is 39.1 Å². The van der Waals surface area contributed by atoms with Gasteiger partial charge in [0.15, 0.2) is 0 Å². The highest BCUT2D eigenvalue weighted by Crippen LogP contribution is 2.23. The molecule has 0 aliphatic rings. The van der Waals surface area contributed by atoms with Crippen LogP contribution in [0.4, 0.5) is 5.69 Å². The van der Waals surface area contributed by atoms with Gasteiger partial charge in [0.25, 0.3) is 5.91 Å². The molecule has 0 bridgehead atoms. The van der Waals surface area contributed by atoms with Crippen LogP contribution >= 0.6 is 27.5 Å². The summed E-state index contributed by atoms with van der Waals surface area (Å²) in [6, 6.07) is 9.85. The third kappa shape index (κ3) is 3.31. The largest absolute Gasteiger partial charge is 0.321 e. The number of carbonyl (C=O) groups excluding carboxylic acids is 1. The number of benzene rings is 1. The van der Waals surface area contributed by atoms with Gasteiger partial charge in [-0.25, -0.2) is 4.98 Å². The summed E-state index contributed by atoms with van der Waals surface area (Å²) in [6.07, 6.45) is 1.52. The minimum atomic E-state index is -0.319. The highest BCUT2D eigenvalue weighted by Gasteiger charge is 2.09. The molecule has 0 spiro atoms. The number of nitrogens with one attached hydrogen (secondary N) is 1. The van der Waals surface area contributed by atoms with Crippen molar-refractivity contribution in [2.45, 2.75) is 0 Å². The molecule has 0 atom stereocenters. The topological polar surface area (TPSA) is 65.8 Å². The summed E-state index contributed by atoms with van der Waals surface area (Å²) in [5, 5.41) is 11.9. The molecule has 0 saturated carbocycles. The van der Waals surface area contributed by atoms with Crippen LogP contribution in [0.15, 0.2) is 41.1 Å². The number of carbonyl (C=O) groups is 1. The lowest BCUT2D eigenvalue weighted by molar-refractivity contribution is 0.102. The van der Waals surface area contributed by atoms with E-state index in [1.807, 2.05) is 6.07 Å². The number of rotatable bonds is 2. The fourth-order valence-electron chi connectivity index (χ4n) is 1.43. The zero-order valence-corrected chi connectivity index (χ0v) is 11.9. The maximum absolute atomic E-state index is 12.0. The van der Waals surface area contributed by atoms with Crippen molar-refractivity contribution < 1.29 is 4.79 Å². The van der Waals surface area contributed by atoms with Crippen LogP contribution in [-0.2, 0) is 0 Å². The Kier molecular flexibility index (Phi) is 4.15. The number of amides is 1. The zero-order valence-electron chi connectivity index (χ0n) is 9.52. The van der Waals surface area contributed by atoms with E-state index in [1.54, 1.807) is 24.3 Å². The molecule has 1 heterocycles. The average molecular weight is 337 g/mol. The van der Waals surface area contributed by atoms with Crippen LogP contribution in [0, 0.1) is 11.3 Å². The van der Waals surface area contributed by atoms with Gasteiger partial charge in [0, 0.05) is 11.8 Å². The minimum Gasteiger partial charge on any atom is -0.321 e. The Balaban J connectivity index is 2.27. The van der Waals surface area contributed by atoms with Gasteiger partial charge in [0.05, 0.1) is 22.3 Å². The molecule has 2 aromatic rings. The summed E-state index contributed by atoms with van der Waals surface area (Å²) in [5.41, 5.74) is 1.27. The number of halogens is 2. The second kappa shape index (κ2) is 5.83. The molecular weight excluding hydrogens is 330 g/mol. The highest BCUT2D eigenvalue weighted by molar-refractivity contribution is 9.10. The van der Waals surface area contributed by atoms with E-state index in [4.69, 9.17) is 16.9 Å². The Morgan fingerprint density at radius 2 is 2.16 bits per heavy atom. The van der Waals surface area contributed by atoms with Crippen molar-refractivity contribution in [3.8, 4) is 6.07 Å². The van der Waals surface area contributed by atoms with E-state index in [9.17, 15) is 4.79 Å². The molecule has 0 aliphatic heterocycles. The first kappa shape index (κ1) is 13.5. The van der Waals surface area contributed by atoms with Crippen molar-refractivity contribution in [3.05, 3.63) is 57.3 Å². The van der Waals surface area contributed by atoms with Gasteiger partial charge in [0.1, 0.15) is 4.60 Å². The molecule has 1 amide bonds. The van der Waals surface area contributed by atoms with E-state index in [0.29, 0.717) is 26.4 Å². The number of aromatic nitrogens is 1. The lowest BCUT2D eigenvalue weighted by atomic mass is 10.2. The van der Waals surface area contributed by atoms with Crippen molar-refractivity contribution in [3.63, 3.8) is 0 Å². The van der Waals surface area contributed by atoms with Crippen LogP contribution in [0.1, 0.15) is 15.9 Å². The first-order valence-electron chi connectivity index (χ1n) is 5.22. The highest BCUT2D eigenvalue weighted by atomic mass is 79.9. The van der Waals surface area contributed by atoms with Crippen LogP contribution in [0.5, 0.6) is 0 Å². The predicted molar refractivity (Wildman–Crippen MR) is 76.1 cm³/mol. The SMILES string of the molecule is N#Cc1ccc(Cl)c(NC(=O)c2ccnc(Br)c2)c1. The normalized spacial score (nSPS) is 9.74. The Morgan fingerprint density at radius 3 is 2.84 bits per heavy atom. The fraction of sp³-hybridized carbons (Fsp3) is 0. The molecule has 1 N–H and O–H groups in total. The molecule has 0 radical (unpaired) electrons. The minimum absolute atomic E-state index is 0.319. The summed E-state index contributed by atoms with van der Waals surface area (Å²) >= 11 is 9.16. The quantitative estimate of drug-likeness (QED) is 0.852. The molecular formula is C13H7BrClN3O. The van der Waals surface area contributed by atoms with Crippen molar-refractivity contribution in [1.29, 1.82) is 5.26 Å². The number of hydrogen-bond acceptors (Lipinski definition) is 3. The van der Waals surface area contributed by atoms with Crippen LogP contribution in [0.3, 0.4) is 0 Å². The standard InChI is InChI=1S/C13H7BrClN3O/c14-12-6-9(3-4-17-12)13(19)18-11-5-8(7-16)1-2-10(11)15/h1-6H,(H,18,19). The second-order valence-electron chi connectivity index (χ2n) is 3.63. The second-order valence-corrected chi connectivity index (χ2v) is 4.85. The third-order valence-corrected chi connectivity index (χ3v) is 3.10. The van der Waals surface area contributed by atoms with Crippen molar-refractivity contribution in [2.24, 2.45) is 0 Å².